The Morgan fingerprint density at radius 2 is 2.05 bits per heavy atom. The molecular weight excluding hydrogens is 314 g/mol. The summed E-state index contributed by atoms with van der Waals surface area (Å²) in [6, 6.07) is 14.4. The molecule has 3 aromatic rings. The molecule has 110 valence electrons. The van der Waals surface area contributed by atoms with Crippen molar-refractivity contribution in [1.82, 2.24) is 0 Å². The minimum Gasteiger partial charge on any atom is -0.497 e. The average molecular weight is 328 g/mol. The molecule has 1 aromatic heterocycles. The first-order chi connectivity index (χ1) is 10.8. The lowest BCUT2D eigenvalue weighted by Crippen LogP contribution is -2.13. The Hall–Kier alpha value is -1.84. The summed E-state index contributed by atoms with van der Waals surface area (Å²) in [6.45, 7) is 0.805. The van der Waals surface area contributed by atoms with Crippen LogP contribution in [0.3, 0.4) is 0 Å². The van der Waals surface area contributed by atoms with Crippen molar-refractivity contribution in [2.24, 2.45) is 4.99 Å². The van der Waals surface area contributed by atoms with Crippen LogP contribution in [0.4, 0.5) is 0 Å². The summed E-state index contributed by atoms with van der Waals surface area (Å²) in [5, 5.41) is 1.90. The molecule has 22 heavy (non-hydrogen) atoms. The Morgan fingerprint density at radius 3 is 2.86 bits per heavy atom. The second-order valence-electron chi connectivity index (χ2n) is 5.24. The topological polar surface area (TPSA) is 21.6 Å². The molecule has 0 saturated carbocycles. The van der Waals surface area contributed by atoms with E-state index < -0.39 is 0 Å². The zero-order chi connectivity index (χ0) is 15.1. The van der Waals surface area contributed by atoms with E-state index in [-0.39, 0.29) is 0 Å². The molecule has 0 N–H and O–H groups in total. The quantitative estimate of drug-likeness (QED) is 0.652. The van der Waals surface area contributed by atoms with Crippen molar-refractivity contribution >= 4 is 38.7 Å². The van der Waals surface area contributed by atoms with Crippen LogP contribution in [-0.4, -0.2) is 19.4 Å². The maximum absolute atomic E-state index is 6.63. The first kappa shape index (κ1) is 13.8. The zero-order valence-electron chi connectivity index (χ0n) is 12.1. The number of ether oxygens (including phenoxy) is 1. The van der Waals surface area contributed by atoms with Gasteiger partial charge in [0.25, 0.3) is 0 Å². The molecule has 0 radical (unpaired) electrons. The van der Waals surface area contributed by atoms with E-state index in [0.717, 1.165) is 45.3 Å². The molecule has 0 spiro atoms. The molecule has 0 aliphatic carbocycles. The van der Waals surface area contributed by atoms with Crippen molar-refractivity contribution < 1.29 is 4.74 Å². The summed E-state index contributed by atoms with van der Waals surface area (Å²) in [7, 11) is 1.69. The Labute approximate surface area is 138 Å². The Morgan fingerprint density at radius 1 is 1.18 bits per heavy atom. The van der Waals surface area contributed by atoms with Gasteiger partial charge in [0, 0.05) is 22.2 Å². The van der Waals surface area contributed by atoms with Crippen LogP contribution in [0, 0.1) is 0 Å². The molecule has 0 amide bonds. The van der Waals surface area contributed by atoms with Crippen molar-refractivity contribution in [3.05, 3.63) is 63.5 Å². The van der Waals surface area contributed by atoms with Crippen LogP contribution in [0.15, 0.2) is 47.5 Å². The molecule has 2 aromatic carbocycles. The van der Waals surface area contributed by atoms with E-state index >= 15 is 0 Å². The van der Waals surface area contributed by atoms with Gasteiger partial charge in [-0.1, -0.05) is 35.9 Å². The van der Waals surface area contributed by atoms with E-state index in [1.807, 2.05) is 18.2 Å². The van der Waals surface area contributed by atoms with Crippen LogP contribution in [0.2, 0.25) is 5.02 Å². The molecule has 1 aliphatic heterocycles. The van der Waals surface area contributed by atoms with Gasteiger partial charge < -0.3 is 4.74 Å². The van der Waals surface area contributed by atoms with Gasteiger partial charge >= 0.3 is 0 Å². The monoisotopic (exact) mass is 327 g/mol. The normalized spacial score (nSPS) is 13.8. The number of rotatable bonds is 2. The molecule has 0 atom stereocenters. The predicted molar refractivity (Wildman–Crippen MR) is 94.0 cm³/mol. The lowest BCUT2D eigenvalue weighted by Gasteiger charge is -2.17. The fraction of sp³-hybridized carbons (Fsp3) is 0.167. The standard InChI is InChI=1S/C18H14ClNOS/c1-21-12-7-6-11-8-9-20-17(14(11)10-12)18-16(19)13-4-2-3-5-15(13)22-18/h2-7,10H,8-9H2,1H3. The summed E-state index contributed by atoms with van der Waals surface area (Å²) in [5.74, 6) is 0.852. The van der Waals surface area contributed by atoms with Gasteiger partial charge in [-0.05, 0) is 30.2 Å². The van der Waals surface area contributed by atoms with Gasteiger partial charge in [-0.15, -0.1) is 11.3 Å². The van der Waals surface area contributed by atoms with E-state index in [4.69, 9.17) is 21.3 Å². The van der Waals surface area contributed by atoms with Crippen LogP contribution in [-0.2, 0) is 6.42 Å². The molecular formula is C18H14ClNOS. The van der Waals surface area contributed by atoms with Crippen LogP contribution in [0.25, 0.3) is 10.1 Å². The molecule has 0 fully saturated rings. The first-order valence-corrected chi connectivity index (χ1v) is 8.36. The molecule has 0 unspecified atom stereocenters. The molecule has 0 saturated heterocycles. The van der Waals surface area contributed by atoms with E-state index in [9.17, 15) is 0 Å². The van der Waals surface area contributed by atoms with Gasteiger partial charge in [-0.3, -0.25) is 4.99 Å². The van der Waals surface area contributed by atoms with Crippen molar-refractivity contribution in [3.8, 4) is 5.75 Å². The second-order valence-corrected chi connectivity index (χ2v) is 6.67. The number of benzene rings is 2. The van der Waals surface area contributed by atoms with Crippen molar-refractivity contribution in [1.29, 1.82) is 0 Å². The third-order valence-electron chi connectivity index (χ3n) is 3.97. The number of halogens is 1. The third-order valence-corrected chi connectivity index (χ3v) is 5.66. The Bertz CT molecular complexity index is 897. The summed E-state index contributed by atoms with van der Waals surface area (Å²) >= 11 is 8.33. The molecule has 4 heteroatoms. The lowest BCUT2D eigenvalue weighted by atomic mass is 9.96. The SMILES string of the molecule is COc1ccc2c(c1)C(c1sc3ccccc3c1Cl)=NCC2. The van der Waals surface area contributed by atoms with Gasteiger partial charge in [0.05, 0.1) is 22.7 Å². The highest BCUT2D eigenvalue weighted by atomic mass is 35.5. The minimum absolute atomic E-state index is 0.801. The molecule has 2 heterocycles. The van der Waals surface area contributed by atoms with Gasteiger partial charge in [0.15, 0.2) is 0 Å². The number of thiophene rings is 1. The van der Waals surface area contributed by atoms with Crippen molar-refractivity contribution in [3.63, 3.8) is 0 Å². The third kappa shape index (κ3) is 2.13. The van der Waals surface area contributed by atoms with Gasteiger partial charge in [0.1, 0.15) is 5.75 Å². The number of fused-ring (bicyclic) bond motifs is 2. The Balaban J connectivity index is 1.92. The summed E-state index contributed by atoms with van der Waals surface area (Å²) in [5.41, 5.74) is 3.43. The lowest BCUT2D eigenvalue weighted by molar-refractivity contribution is 0.414. The van der Waals surface area contributed by atoms with Crippen LogP contribution < -0.4 is 4.74 Å². The van der Waals surface area contributed by atoms with Crippen LogP contribution in [0.5, 0.6) is 5.75 Å². The van der Waals surface area contributed by atoms with E-state index in [1.165, 1.54) is 10.3 Å². The fourth-order valence-electron chi connectivity index (χ4n) is 2.85. The van der Waals surface area contributed by atoms with Crippen LogP contribution >= 0.6 is 22.9 Å². The minimum atomic E-state index is 0.801. The van der Waals surface area contributed by atoms with Crippen molar-refractivity contribution in [2.75, 3.05) is 13.7 Å². The van der Waals surface area contributed by atoms with Gasteiger partial charge in [-0.2, -0.15) is 0 Å². The van der Waals surface area contributed by atoms with E-state index in [2.05, 4.69) is 24.3 Å². The predicted octanol–water partition coefficient (Wildman–Crippen LogP) is 4.96. The number of nitrogens with zero attached hydrogens (tertiary/aromatic N) is 1. The van der Waals surface area contributed by atoms with E-state index in [0.29, 0.717) is 0 Å². The van der Waals surface area contributed by atoms with E-state index in [1.54, 1.807) is 18.4 Å². The Kier molecular flexibility index (Phi) is 3.40. The maximum atomic E-state index is 6.63. The van der Waals surface area contributed by atoms with Crippen LogP contribution in [0.1, 0.15) is 16.0 Å². The van der Waals surface area contributed by atoms with Gasteiger partial charge in [0.2, 0.25) is 0 Å². The highest BCUT2D eigenvalue weighted by Gasteiger charge is 2.21. The van der Waals surface area contributed by atoms with Crippen molar-refractivity contribution in [2.45, 2.75) is 6.42 Å². The number of hydrogen-bond donors (Lipinski definition) is 0. The highest BCUT2D eigenvalue weighted by Crippen LogP contribution is 2.38. The number of aliphatic imine (C=N–C) groups is 1. The van der Waals surface area contributed by atoms with Gasteiger partial charge in [-0.25, -0.2) is 0 Å². The smallest absolute Gasteiger partial charge is 0.119 e. The number of methoxy groups -OCH3 is 1. The molecule has 0 bridgehead atoms. The largest absolute Gasteiger partial charge is 0.497 e. The first-order valence-electron chi connectivity index (χ1n) is 7.17. The summed E-state index contributed by atoms with van der Waals surface area (Å²) in [6.07, 6.45) is 0.964. The highest BCUT2D eigenvalue weighted by molar-refractivity contribution is 7.21. The summed E-state index contributed by atoms with van der Waals surface area (Å²) < 4.78 is 6.56. The maximum Gasteiger partial charge on any atom is 0.119 e. The summed E-state index contributed by atoms with van der Waals surface area (Å²) in [4.78, 5) is 5.81. The average Bonchev–Trinajstić information content (AvgIpc) is 2.91. The molecule has 1 aliphatic rings. The second kappa shape index (κ2) is 5.41. The molecule has 4 rings (SSSR count). The zero-order valence-corrected chi connectivity index (χ0v) is 13.7. The molecule has 2 nitrogen and oxygen atoms in total. The number of hydrogen-bond acceptors (Lipinski definition) is 3. The fourth-order valence-corrected chi connectivity index (χ4v) is 4.40.